The lowest BCUT2D eigenvalue weighted by Crippen LogP contribution is -2.21. The molecule has 0 N–H and O–H groups in total. The molecule has 0 amide bonds. The molecular weight excluding hydrogens is 675 g/mol. The minimum Gasteiger partial charge on any atom is -0.310 e. The number of anilines is 3. The fraction of sp³-hybridized carbons (Fsp3) is 0.0545. The Kier molecular flexibility index (Phi) is 8.23. The van der Waals surface area contributed by atoms with Gasteiger partial charge in [0.25, 0.3) is 0 Å². The molecule has 9 aromatic rings. The van der Waals surface area contributed by atoms with Crippen LogP contribution in [-0.2, 0) is 5.41 Å². The van der Waals surface area contributed by atoms with E-state index in [0.717, 1.165) is 11.4 Å². The molecule has 0 saturated heterocycles. The average molecular weight is 716 g/mol. The maximum atomic E-state index is 2.53. The van der Waals surface area contributed by atoms with Gasteiger partial charge in [0, 0.05) is 16.7 Å². The molecule has 0 radical (unpaired) electrons. The molecule has 1 heteroatoms. The number of benzene rings is 9. The summed E-state index contributed by atoms with van der Waals surface area (Å²) in [4.78, 5) is 2.53. The van der Waals surface area contributed by atoms with E-state index in [2.05, 4.69) is 231 Å². The first kappa shape index (κ1) is 33.6. The third-order valence-electron chi connectivity index (χ3n) is 11.7. The number of fused-ring (bicyclic) bond motifs is 4. The van der Waals surface area contributed by atoms with Crippen LogP contribution in [0.5, 0.6) is 0 Å². The fourth-order valence-corrected chi connectivity index (χ4v) is 9.12. The third kappa shape index (κ3) is 5.55. The standard InChI is InChI=1S/C55H41N/c1-55(2)50-31-14-13-26-47(50)49-30-17-33-52(54(49)55)56(42-36-34-41(35-37-42)44-28-15-23-39-22-9-10-24-43(39)44)51-32-16-29-46(40-20-7-4-8-21-40)53(51)48-27-12-11-25-45(48)38-18-5-3-6-19-38/h3-37H,1-2H3. The first-order chi connectivity index (χ1) is 27.6. The van der Waals surface area contributed by atoms with Crippen molar-refractivity contribution < 1.29 is 0 Å². The van der Waals surface area contributed by atoms with Crippen molar-refractivity contribution in [2.24, 2.45) is 0 Å². The summed E-state index contributed by atoms with van der Waals surface area (Å²) in [5.41, 5.74) is 18.1. The van der Waals surface area contributed by atoms with E-state index in [9.17, 15) is 0 Å². The molecule has 0 bridgehead atoms. The molecule has 0 spiro atoms. The van der Waals surface area contributed by atoms with Crippen LogP contribution in [0.15, 0.2) is 212 Å². The second kappa shape index (κ2) is 13.7. The van der Waals surface area contributed by atoms with Gasteiger partial charge in [0.15, 0.2) is 0 Å². The predicted molar refractivity (Wildman–Crippen MR) is 238 cm³/mol. The molecule has 0 aromatic heterocycles. The lowest BCUT2D eigenvalue weighted by Gasteiger charge is -2.34. The third-order valence-corrected chi connectivity index (χ3v) is 11.7. The van der Waals surface area contributed by atoms with E-state index in [4.69, 9.17) is 0 Å². The highest BCUT2D eigenvalue weighted by atomic mass is 15.1. The summed E-state index contributed by atoms with van der Waals surface area (Å²) < 4.78 is 0. The van der Waals surface area contributed by atoms with Crippen molar-refractivity contribution in [1.82, 2.24) is 0 Å². The monoisotopic (exact) mass is 715 g/mol. The van der Waals surface area contributed by atoms with Crippen molar-refractivity contribution >= 4 is 27.8 Å². The van der Waals surface area contributed by atoms with E-state index >= 15 is 0 Å². The van der Waals surface area contributed by atoms with Crippen molar-refractivity contribution in [2.75, 3.05) is 4.90 Å². The average Bonchev–Trinajstić information content (AvgIpc) is 3.50. The normalized spacial score (nSPS) is 12.6. The summed E-state index contributed by atoms with van der Waals surface area (Å²) >= 11 is 0. The number of hydrogen-bond donors (Lipinski definition) is 0. The van der Waals surface area contributed by atoms with Crippen LogP contribution in [-0.4, -0.2) is 0 Å². The van der Waals surface area contributed by atoms with Crippen LogP contribution in [0.4, 0.5) is 17.1 Å². The topological polar surface area (TPSA) is 3.24 Å². The second-order valence-electron chi connectivity index (χ2n) is 15.3. The summed E-state index contributed by atoms with van der Waals surface area (Å²) in [5, 5.41) is 2.51. The number of nitrogens with zero attached hydrogens (tertiary/aromatic N) is 1. The Morgan fingerprint density at radius 3 is 1.59 bits per heavy atom. The van der Waals surface area contributed by atoms with Crippen molar-refractivity contribution in [1.29, 1.82) is 0 Å². The van der Waals surface area contributed by atoms with Crippen LogP contribution in [0.25, 0.3) is 66.4 Å². The fourth-order valence-electron chi connectivity index (χ4n) is 9.12. The van der Waals surface area contributed by atoms with E-state index < -0.39 is 0 Å². The summed E-state index contributed by atoms with van der Waals surface area (Å²) in [6.45, 7) is 4.77. The van der Waals surface area contributed by atoms with Gasteiger partial charge in [0.2, 0.25) is 0 Å². The van der Waals surface area contributed by atoms with Crippen LogP contribution in [0.1, 0.15) is 25.0 Å². The zero-order valence-electron chi connectivity index (χ0n) is 31.7. The van der Waals surface area contributed by atoms with E-state index in [1.54, 1.807) is 0 Å². The van der Waals surface area contributed by atoms with Crippen molar-refractivity contribution in [3.05, 3.63) is 223 Å². The Morgan fingerprint density at radius 2 is 0.839 bits per heavy atom. The molecule has 56 heavy (non-hydrogen) atoms. The molecule has 0 heterocycles. The van der Waals surface area contributed by atoms with Gasteiger partial charge in [-0.15, -0.1) is 0 Å². The van der Waals surface area contributed by atoms with E-state index in [-0.39, 0.29) is 5.41 Å². The number of hydrogen-bond acceptors (Lipinski definition) is 1. The van der Waals surface area contributed by atoms with E-state index in [0.29, 0.717) is 0 Å². The highest BCUT2D eigenvalue weighted by molar-refractivity contribution is 6.03. The van der Waals surface area contributed by atoms with Gasteiger partial charge in [0.1, 0.15) is 0 Å². The lowest BCUT2D eigenvalue weighted by atomic mass is 9.81. The molecule has 0 saturated carbocycles. The quantitative estimate of drug-likeness (QED) is 0.159. The molecule has 1 aliphatic rings. The maximum absolute atomic E-state index is 2.53. The summed E-state index contributed by atoms with van der Waals surface area (Å²) in [6, 6.07) is 77.7. The highest BCUT2D eigenvalue weighted by Crippen LogP contribution is 2.56. The SMILES string of the molecule is CC1(C)c2ccccc2-c2cccc(N(c3ccc(-c4cccc5ccccc45)cc3)c3cccc(-c4ccccc4)c3-c3ccccc3-c3ccccc3)c21. The molecule has 1 nitrogen and oxygen atoms in total. The zero-order valence-corrected chi connectivity index (χ0v) is 31.7. The van der Waals surface area contributed by atoms with Crippen molar-refractivity contribution in [3.8, 4) is 55.6 Å². The van der Waals surface area contributed by atoms with Crippen molar-refractivity contribution in [3.63, 3.8) is 0 Å². The van der Waals surface area contributed by atoms with E-state index in [1.807, 2.05) is 0 Å². The molecule has 0 atom stereocenters. The minimum atomic E-state index is -0.219. The van der Waals surface area contributed by atoms with Gasteiger partial charge >= 0.3 is 0 Å². The van der Waals surface area contributed by atoms with Gasteiger partial charge in [-0.05, 0) is 96.2 Å². The van der Waals surface area contributed by atoms with Crippen LogP contribution < -0.4 is 4.90 Å². The first-order valence-electron chi connectivity index (χ1n) is 19.5. The Balaban J connectivity index is 1.27. The van der Waals surface area contributed by atoms with Crippen molar-refractivity contribution in [2.45, 2.75) is 19.3 Å². The van der Waals surface area contributed by atoms with Crippen LogP contribution in [0.2, 0.25) is 0 Å². The van der Waals surface area contributed by atoms with Gasteiger partial charge in [0.05, 0.1) is 11.4 Å². The van der Waals surface area contributed by atoms with Gasteiger partial charge < -0.3 is 4.90 Å². The van der Waals surface area contributed by atoms with Crippen LogP contribution in [0.3, 0.4) is 0 Å². The smallest absolute Gasteiger partial charge is 0.0546 e. The van der Waals surface area contributed by atoms with Gasteiger partial charge in [-0.1, -0.05) is 202 Å². The molecule has 266 valence electrons. The highest BCUT2D eigenvalue weighted by Gasteiger charge is 2.39. The molecule has 1 aliphatic carbocycles. The molecule has 9 aromatic carbocycles. The van der Waals surface area contributed by atoms with Crippen LogP contribution >= 0.6 is 0 Å². The van der Waals surface area contributed by atoms with Gasteiger partial charge in [-0.3, -0.25) is 0 Å². The van der Waals surface area contributed by atoms with Gasteiger partial charge in [-0.25, -0.2) is 0 Å². The minimum absolute atomic E-state index is 0.219. The van der Waals surface area contributed by atoms with Gasteiger partial charge in [-0.2, -0.15) is 0 Å². The predicted octanol–water partition coefficient (Wildman–Crippen LogP) is 15.3. The molecule has 10 rings (SSSR count). The summed E-state index contributed by atoms with van der Waals surface area (Å²) in [5.74, 6) is 0. The lowest BCUT2D eigenvalue weighted by molar-refractivity contribution is 0.661. The Hall–Kier alpha value is -6.96. The second-order valence-corrected chi connectivity index (χ2v) is 15.3. The Labute approximate surface area is 329 Å². The molecule has 0 fully saturated rings. The zero-order chi connectivity index (χ0) is 37.6. The Morgan fingerprint density at radius 1 is 0.339 bits per heavy atom. The molecular formula is C55H41N. The largest absolute Gasteiger partial charge is 0.310 e. The molecule has 0 unspecified atom stereocenters. The Bertz CT molecular complexity index is 2860. The first-order valence-corrected chi connectivity index (χ1v) is 19.5. The summed E-state index contributed by atoms with van der Waals surface area (Å²) in [7, 11) is 0. The van der Waals surface area contributed by atoms with E-state index in [1.165, 1.54) is 83.2 Å². The van der Waals surface area contributed by atoms with Crippen LogP contribution in [0, 0.1) is 0 Å². The summed E-state index contributed by atoms with van der Waals surface area (Å²) in [6.07, 6.45) is 0. The number of rotatable bonds is 7. The molecule has 0 aliphatic heterocycles. The maximum Gasteiger partial charge on any atom is 0.0546 e.